The van der Waals surface area contributed by atoms with Crippen LogP contribution in [0.1, 0.15) is 31.2 Å². The van der Waals surface area contributed by atoms with Crippen LogP contribution in [0.15, 0.2) is 24.3 Å². The largest absolute Gasteiger partial charge is 0.481 e. The Bertz CT molecular complexity index is 422. The summed E-state index contributed by atoms with van der Waals surface area (Å²) in [6.45, 7) is 0. The molecule has 1 aromatic rings. The standard InChI is InChI=1S/C14H18ClNO2/c1-16-12-6-8-14(9-7-12,13(17)18)10-2-4-11(15)5-3-10/h2-5,12,16H,6-9H2,1H3,(H,17,18). The summed E-state index contributed by atoms with van der Waals surface area (Å²) in [6, 6.07) is 7.66. The highest BCUT2D eigenvalue weighted by Crippen LogP contribution is 2.40. The van der Waals surface area contributed by atoms with E-state index in [9.17, 15) is 9.90 Å². The molecule has 18 heavy (non-hydrogen) atoms. The van der Waals surface area contributed by atoms with Gasteiger partial charge < -0.3 is 10.4 Å². The summed E-state index contributed by atoms with van der Waals surface area (Å²) in [4.78, 5) is 11.7. The molecule has 1 aliphatic carbocycles. The molecule has 98 valence electrons. The molecule has 0 unspecified atom stereocenters. The second-order valence-corrected chi connectivity index (χ2v) is 5.39. The van der Waals surface area contributed by atoms with Crippen LogP contribution >= 0.6 is 11.6 Å². The van der Waals surface area contributed by atoms with Crippen molar-refractivity contribution in [2.24, 2.45) is 0 Å². The molecule has 0 spiro atoms. The van der Waals surface area contributed by atoms with E-state index in [2.05, 4.69) is 5.32 Å². The molecule has 3 nitrogen and oxygen atoms in total. The van der Waals surface area contributed by atoms with Gasteiger partial charge in [0.1, 0.15) is 0 Å². The smallest absolute Gasteiger partial charge is 0.314 e. The van der Waals surface area contributed by atoms with E-state index in [4.69, 9.17) is 11.6 Å². The van der Waals surface area contributed by atoms with Gasteiger partial charge in [-0.25, -0.2) is 0 Å². The highest BCUT2D eigenvalue weighted by atomic mass is 35.5. The maximum atomic E-state index is 11.7. The van der Waals surface area contributed by atoms with Crippen LogP contribution in [0.2, 0.25) is 5.02 Å². The van der Waals surface area contributed by atoms with Gasteiger partial charge >= 0.3 is 5.97 Å². The number of halogens is 1. The molecular weight excluding hydrogens is 250 g/mol. The normalized spacial score (nSPS) is 28.0. The van der Waals surface area contributed by atoms with Crippen molar-refractivity contribution < 1.29 is 9.90 Å². The molecule has 1 fully saturated rings. The number of rotatable bonds is 3. The third-order valence-electron chi connectivity index (χ3n) is 4.05. The van der Waals surface area contributed by atoms with E-state index < -0.39 is 11.4 Å². The maximum Gasteiger partial charge on any atom is 0.314 e. The van der Waals surface area contributed by atoms with Crippen LogP contribution in [0.3, 0.4) is 0 Å². The van der Waals surface area contributed by atoms with Gasteiger partial charge in [-0.15, -0.1) is 0 Å². The third kappa shape index (κ3) is 2.38. The van der Waals surface area contributed by atoms with E-state index in [1.807, 2.05) is 19.2 Å². The van der Waals surface area contributed by atoms with Crippen LogP contribution in [0, 0.1) is 0 Å². The summed E-state index contributed by atoms with van der Waals surface area (Å²) in [5.74, 6) is -0.723. The predicted molar refractivity (Wildman–Crippen MR) is 72.1 cm³/mol. The number of aliphatic carboxylic acids is 1. The minimum absolute atomic E-state index is 0.435. The lowest BCUT2D eigenvalue weighted by molar-refractivity contribution is -0.145. The van der Waals surface area contributed by atoms with Gasteiger partial charge in [0.2, 0.25) is 0 Å². The van der Waals surface area contributed by atoms with Crippen LogP contribution in [-0.2, 0) is 10.2 Å². The minimum Gasteiger partial charge on any atom is -0.481 e. The van der Waals surface area contributed by atoms with Crippen LogP contribution in [-0.4, -0.2) is 24.2 Å². The molecule has 1 saturated carbocycles. The van der Waals surface area contributed by atoms with Gasteiger partial charge in [-0.2, -0.15) is 0 Å². The van der Waals surface area contributed by atoms with Crippen molar-refractivity contribution in [2.45, 2.75) is 37.1 Å². The van der Waals surface area contributed by atoms with E-state index in [0.717, 1.165) is 18.4 Å². The fraction of sp³-hybridized carbons (Fsp3) is 0.500. The Hall–Kier alpha value is -1.06. The van der Waals surface area contributed by atoms with Crippen LogP contribution in [0.4, 0.5) is 0 Å². The van der Waals surface area contributed by atoms with Crippen molar-refractivity contribution in [3.63, 3.8) is 0 Å². The lowest BCUT2D eigenvalue weighted by Crippen LogP contribution is -2.43. The van der Waals surface area contributed by atoms with Crippen LogP contribution in [0.25, 0.3) is 0 Å². The number of carboxylic acid groups (broad SMARTS) is 1. The Morgan fingerprint density at radius 2 is 1.89 bits per heavy atom. The number of carboxylic acids is 1. The van der Waals surface area contributed by atoms with Crippen molar-refractivity contribution in [3.05, 3.63) is 34.9 Å². The van der Waals surface area contributed by atoms with Gasteiger partial charge in [-0.1, -0.05) is 23.7 Å². The van der Waals surface area contributed by atoms with E-state index in [0.29, 0.717) is 23.9 Å². The molecule has 2 N–H and O–H groups in total. The third-order valence-corrected chi connectivity index (χ3v) is 4.31. The fourth-order valence-corrected chi connectivity index (χ4v) is 2.92. The van der Waals surface area contributed by atoms with E-state index >= 15 is 0 Å². The lowest BCUT2D eigenvalue weighted by Gasteiger charge is -2.37. The first-order valence-electron chi connectivity index (χ1n) is 6.25. The quantitative estimate of drug-likeness (QED) is 0.885. The predicted octanol–water partition coefficient (Wildman–Crippen LogP) is 2.82. The molecule has 0 atom stereocenters. The topological polar surface area (TPSA) is 49.3 Å². The van der Waals surface area contributed by atoms with Crippen molar-refractivity contribution in [1.82, 2.24) is 5.32 Å². The fourth-order valence-electron chi connectivity index (χ4n) is 2.79. The van der Waals surface area contributed by atoms with Gasteiger partial charge in [-0.3, -0.25) is 4.79 Å². The van der Waals surface area contributed by atoms with Gasteiger partial charge in [0.05, 0.1) is 5.41 Å². The van der Waals surface area contributed by atoms with Crippen LogP contribution in [0.5, 0.6) is 0 Å². The average Bonchev–Trinajstić information content (AvgIpc) is 2.39. The highest BCUT2D eigenvalue weighted by Gasteiger charge is 2.43. The van der Waals surface area contributed by atoms with Gasteiger partial charge in [0, 0.05) is 11.1 Å². The average molecular weight is 268 g/mol. The summed E-state index contributed by atoms with van der Waals surface area (Å²) in [7, 11) is 1.93. The molecule has 1 aromatic carbocycles. The molecule has 0 aliphatic heterocycles. The van der Waals surface area contributed by atoms with E-state index in [-0.39, 0.29) is 0 Å². The summed E-state index contributed by atoms with van der Waals surface area (Å²) in [6.07, 6.45) is 3.14. The van der Waals surface area contributed by atoms with Gasteiger partial charge in [-0.05, 0) is 50.4 Å². The van der Waals surface area contributed by atoms with Crippen molar-refractivity contribution >= 4 is 17.6 Å². The summed E-state index contributed by atoms with van der Waals surface area (Å²) in [5, 5.41) is 13.5. The molecule has 4 heteroatoms. The Morgan fingerprint density at radius 1 is 1.33 bits per heavy atom. The molecule has 2 rings (SSSR count). The lowest BCUT2D eigenvalue weighted by atomic mass is 9.68. The Kier molecular flexibility index (Phi) is 3.93. The van der Waals surface area contributed by atoms with Crippen LogP contribution < -0.4 is 5.32 Å². The summed E-state index contributed by atoms with van der Waals surface area (Å²) in [5.41, 5.74) is 0.131. The summed E-state index contributed by atoms with van der Waals surface area (Å²) < 4.78 is 0. The maximum absolute atomic E-state index is 11.7. The molecule has 0 heterocycles. The van der Waals surface area contributed by atoms with Crippen molar-refractivity contribution in [1.29, 1.82) is 0 Å². The molecule has 0 amide bonds. The zero-order chi connectivity index (χ0) is 13.2. The number of benzene rings is 1. The minimum atomic E-state index is -0.738. The monoisotopic (exact) mass is 267 g/mol. The number of hydrogen-bond donors (Lipinski definition) is 2. The zero-order valence-corrected chi connectivity index (χ0v) is 11.2. The Morgan fingerprint density at radius 3 is 2.33 bits per heavy atom. The van der Waals surface area contributed by atoms with Crippen molar-refractivity contribution in [2.75, 3.05) is 7.05 Å². The first-order valence-corrected chi connectivity index (χ1v) is 6.63. The second kappa shape index (κ2) is 5.29. The first-order chi connectivity index (χ1) is 8.58. The number of hydrogen-bond acceptors (Lipinski definition) is 2. The summed E-state index contributed by atoms with van der Waals surface area (Å²) >= 11 is 5.86. The highest BCUT2D eigenvalue weighted by molar-refractivity contribution is 6.30. The molecule has 0 bridgehead atoms. The molecular formula is C14H18ClNO2. The van der Waals surface area contributed by atoms with Gasteiger partial charge in [0.15, 0.2) is 0 Å². The Balaban J connectivity index is 2.28. The molecule has 0 radical (unpaired) electrons. The molecule has 0 saturated heterocycles. The zero-order valence-electron chi connectivity index (χ0n) is 10.4. The number of nitrogens with one attached hydrogen (secondary N) is 1. The number of carbonyl (C=O) groups is 1. The molecule has 1 aliphatic rings. The van der Waals surface area contributed by atoms with E-state index in [1.165, 1.54) is 0 Å². The SMILES string of the molecule is CNC1CCC(C(=O)O)(c2ccc(Cl)cc2)CC1. The van der Waals surface area contributed by atoms with E-state index in [1.54, 1.807) is 12.1 Å². The first kappa shape index (κ1) is 13.4. The van der Waals surface area contributed by atoms with Crippen molar-refractivity contribution in [3.8, 4) is 0 Å². The molecule has 0 aromatic heterocycles. The second-order valence-electron chi connectivity index (χ2n) is 4.96. The van der Waals surface area contributed by atoms with Gasteiger partial charge in [0.25, 0.3) is 0 Å². The Labute approximate surface area is 112 Å².